The highest BCUT2D eigenvalue weighted by atomic mass is 16.3. The molecule has 4 heteroatoms. The SMILES string of the molecule is Cn1nc(-c2ccccc2O)c(C#CCCCC#N)c1-c1ccccc1. The summed E-state index contributed by atoms with van der Waals surface area (Å²) in [7, 11) is 1.88. The van der Waals surface area contributed by atoms with Crippen LogP contribution >= 0.6 is 0 Å². The number of nitrogens with zero attached hydrogens (tertiary/aromatic N) is 3. The number of aryl methyl sites for hydroxylation is 1. The molecule has 26 heavy (non-hydrogen) atoms. The Labute approximate surface area is 153 Å². The van der Waals surface area contributed by atoms with Crippen LogP contribution in [0.4, 0.5) is 0 Å². The van der Waals surface area contributed by atoms with Gasteiger partial charge in [0.15, 0.2) is 0 Å². The summed E-state index contributed by atoms with van der Waals surface area (Å²) in [5, 5.41) is 23.6. The Morgan fingerprint density at radius 1 is 1.04 bits per heavy atom. The van der Waals surface area contributed by atoms with Crippen LogP contribution in [0.1, 0.15) is 24.8 Å². The van der Waals surface area contributed by atoms with E-state index in [0.717, 1.165) is 23.2 Å². The lowest BCUT2D eigenvalue weighted by atomic mass is 10.0. The molecule has 3 aromatic rings. The lowest BCUT2D eigenvalue weighted by molar-refractivity contribution is 0.477. The van der Waals surface area contributed by atoms with Gasteiger partial charge in [-0.1, -0.05) is 54.3 Å². The molecule has 1 N–H and O–H groups in total. The zero-order chi connectivity index (χ0) is 18.4. The number of para-hydroxylation sites is 1. The van der Waals surface area contributed by atoms with Gasteiger partial charge in [-0.05, 0) is 18.6 Å². The number of hydrogen-bond donors (Lipinski definition) is 1. The van der Waals surface area contributed by atoms with E-state index in [2.05, 4.69) is 23.0 Å². The average Bonchev–Trinajstić information content (AvgIpc) is 2.98. The van der Waals surface area contributed by atoms with Crippen LogP contribution in [0.2, 0.25) is 0 Å². The summed E-state index contributed by atoms with van der Waals surface area (Å²) in [6, 6.07) is 19.2. The molecular formula is C22H19N3O. The lowest BCUT2D eigenvalue weighted by Gasteiger charge is -2.03. The van der Waals surface area contributed by atoms with E-state index in [1.54, 1.807) is 16.8 Å². The Bertz CT molecular complexity index is 1000. The number of rotatable bonds is 4. The maximum atomic E-state index is 10.3. The van der Waals surface area contributed by atoms with Gasteiger partial charge < -0.3 is 5.11 Å². The highest BCUT2D eigenvalue weighted by Gasteiger charge is 2.19. The Morgan fingerprint density at radius 3 is 2.50 bits per heavy atom. The minimum absolute atomic E-state index is 0.178. The number of hydrogen-bond acceptors (Lipinski definition) is 3. The van der Waals surface area contributed by atoms with Crippen LogP contribution in [0.25, 0.3) is 22.5 Å². The van der Waals surface area contributed by atoms with Crippen LogP contribution in [0, 0.1) is 23.2 Å². The van der Waals surface area contributed by atoms with Crippen molar-refractivity contribution in [2.24, 2.45) is 7.05 Å². The first kappa shape index (κ1) is 17.3. The molecule has 0 atom stereocenters. The van der Waals surface area contributed by atoms with E-state index in [4.69, 9.17) is 5.26 Å². The standard InChI is InChI=1S/C22H19N3O/c1-25-22(17-11-5-4-6-12-17)19(14-7-2-3-10-16-23)21(24-25)18-13-8-9-15-20(18)26/h4-6,8-9,11-13,15,26H,2-3,10H2,1H3. The Kier molecular flexibility index (Phi) is 5.37. The van der Waals surface area contributed by atoms with Crippen molar-refractivity contribution in [3.05, 3.63) is 60.2 Å². The van der Waals surface area contributed by atoms with Gasteiger partial charge in [0.1, 0.15) is 11.4 Å². The van der Waals surface area contributed by atoms with Crippen LogP contribution in [0.5, 0.6) is 5.75 Å². The molecule has 0 aliphatic rings. The zero-order valence-electron chi connectivity index (χ0n) is 14.6. The average molecular weight is 341 g/mol. The van der Waals surface area contributed by atoms with Crippen molar-refractivity contribution in [2.45, 2.75) is 19.3 Å². The van der Waals surface area contributed by atoms with E-state index in [-0.39, 0.29) is 5.75 Å². The molecule has 4 nitrogen and oxygen atoms in total. The third kappa shape index (κ3) is 3.61. The van der Waals surface area contributed by atoms with E-state index in [0.29, 0.717) is 24.1 Å². The number of benzene rings is 2. The van der Waals surface area contributed by atoms with Gasteiger partial charge in [0.2, 0.25) is 0 Å². The number of phenols is 1. The zero-order valence-corrected chi connectivity index (χ0v) is 14.6. The topological polar surface area (TPSA) is 61.8 Å². The summed E-state index contributed by atoms with van der Waals surface area (Å²) < 4.78 is 1.80. The van der Waals surface area contributed by atoms with Gasteiger partial charge in [0.25, 0.3) is 0 Å². The first-order valence-corrected chi connectivity index (χ1v) is 8.49. The van der Waals surface area contributed by atoms with Gasteiger partial charge in [-0.25, -0.2) is 0 Å². The van der Waals surface area contributed by atoms with Crippen molar-refractivity contribution in [1.82, 2.24) is 9.78 Å². The van der Waals surface area contributed by atoms with Gasteiger partial charge in [-0.15, -0.1) is 0 Å². The maximum Gasteiger partial charge on any atom is 0.125 e. The lowest BCUT2D eigenvalue weighted by Crippen LogP contribution is -1.94. The van der Waals surface area contributed by atoms with Crippen molar-refractivity contribution in [1.29, 1.82) is 5.26 Å². The monoisotopic (exact) mass is 341 g/mol. The second-order valence-electron chi connectivity index (χ2n) is 5.89. The summed E-state index contributed by atoms with van der Waals surface area (Å²) in [5.74, 6) is 6.56. The number of aromatic hydroxyl groups is 1. The number of unbranched alkanes of at least 4 members (excludes halogenated alkanes) is 2. The molecule has 1 heterocycles. The third-order valence-electron chi connectivity index (χ3n) is 4.06. The Hall–Kier alpha value is -3.50. The molecule has 3 rings (SSSR count). The molecular weight excluding hydrogens is 322 g/mol. The number of aromatic nitrogens is 2. The summed E-state index contributed by atoms with van der Waals surface area (Å²) in [6.45, 7) is 0. The first-order valence-electron chi connectivity index (χ1n) is 8.49. The molecule has 0 amide bonds. The highest BCUT2D eigenvalue weighted by Crippen LogP contribution is 2.35. The summed E-state index contributed by atoms with van der Waals surface area (Å²) >= 11 is 0. The second-order valence-corrected chi connectivity index (χ2v) is 5.89. The van der Waals surface area contributed by atoms with Crippen LogP contribution in [-0.4, -0.2) is 14.9 Å². The smallest absolute Gasteiger partial charge is 0.125 e. The first-order chi connectivity index (χ1) is 12.7. The molecule has 0 bridgehead atoms. The largest absolute Gasteiger partial charge is 0.507 e. The predicted octanol–water partition coefficient (Wildman–Crippen LogP) is 4.51. The molecule has 0 aliphatic heterocycles. The van der Waals surface area contributed by atoms with Crippen molar-refractivity contribution in [3.8, 4) is 46.2 Å². The van der Waals surface area contributed by atoms with E-state index >= 15 is 0 Å². The van der Waals surface area contributed by atoms with Crippen molar-refractivity contribution in [2.75, 3.05) is 0 Å². The van der Waals surface area contributed by atoms with Crippen molar-refractivity contribution < 1.29 is 5.11 Å². The van der Waals surface area contributed by atoms with E-state index in [9.17, 15) is 5.11 Å². The minimum atomic E-state index is 0.178. The molecule has 2 aromatic carbocycles. The van der Waals surface area contributed by atoms with Crippen molar-refractivity contribution in [3.63, 3.8) is 0 Å². The summed E-state index contributed by atoms with van der Waals surface area (Å²) in [5.41, 5.74) is 4.04. The predicted molar refractivity (Wildman–Crippen MR) is 102 cm³/mol. The number of nitriles is 1. The Morgan fingerprint density at radius 2 is 1.77 bits per heavy atom. The fraction of sp³-hybridized carbons (Fsp3) is 0.182. The second kappa shape index (κ2) is 8.05. The number of phenolic OH excluding ortho intramolecular Hbond substituents is 1. The molecule has 0 saturated carbocycles. The quantitative estimate of drug-likeness (QED) is 0.561. The molecule has 0 radical (unpaired) electrons. The van der Waals surface area contributed by atoms with Crippen LogP contribution in [0.15, 0.2) is 54.6 Å². The van der Waals surface area contributed by atoms with Gasteiger partial charge in [0, 0.05) is 31.0 Å². The molecule has 0 aliphatic carbocycles. The van der Waals surface area contributed by atoms with Crippen molar-refractivity contribution >= 4 is 0 Å². The van der Waals surface area contributed by atoms with Gasteiger partial charge in [-0.3, -0.25) is 4.68 Å². The molecule has 1 aromatic heterocycles. The van der Waals surface area contributed by atoms with E-state index in [1.165, 1.54) is 0 Å². The molecule has 128 valence electrons. The minimum Gasteiger partial charge on any atom is -0.507 e. The van der Waals surface area contributed by atoms with Gasteiger partial charge >= 0.3 is 0 Å². The normalized spacial score (nSPS) is 10.0. The Balaban J connectivity index is 2.13. The van der Waals surface area contributed by atoms with Gasteiger partial charge in [-0.2, -0.15) is 10.4 Å². The molecule has 0 fully saturated rings. The van der Waals surface area contributed by atoms with E-state index in [1.807, 2.05) is 49.5 Å². The van der Waals surface area contributed by atoms with Crippen LogP contribution in [-0.2, 0) is 7.05 Å². The van der Waals surface area contributed by atoms with E-state index < -0.39 is 0 Å². The third-order valence-corrected chi connectivity index (χ3v) is 4.06. The maximum absolute atomic E-state index is 10.3. The fourth-order valence-corrected chi connectivity index (χ4v) is 2.84. The molecule has 0 spiro atoms. The summed E-state index contributed by atoms with van der Waals surface area (Å²) in [6.07, 6.45) is 1.90. The molecule has 0 unspecified atom stereocenters. The summed E-state index contributed by atoms with van der Waals surface area (Å²) in [4.78, 5) is 0. The molecule has 0 saturated heterocycles. The van der Waals surface area contributed by atoms with Crippen LogP contribution in [0.3, 0.4) is 0 Å². The van der Waals surface area contributed by atoms with Gasteiger partial charge in [0.05, 0.1) is 17.3 Å². The fourth-order valence-electron chi connectivity index (χ4n) is 2.84. The van der Waals surface area contributed by atoms with Crippen LogP contribution < -0.4 is 0 Å². The highest BCUT2D eigenvalue weighted by molar-refractivity contribution is 5.81.